The van der Waals surface area contributed by atoms with Gasteiger partial charge < -0.3 is 15.5 Å². The maximum atomic E-state index is 10.0. The van der Waals surface area contributed by atoms with Crippen LogP contribution in [-0.2, 0) is 0 Å². The molecule has 0 aliphatic carbocycles. The molecule has 0 radical (unpaired) electrons. The largest absolute Gasteiger partial charge is 0.508 e. The predicted molar refractivity (Wildman–Crippen MR) is 71.9 cm³/mol. The first-order valence-corrected chi connectivity index (χ1v) is 6.69. The van der Waals surface area contributed by atoms with E-state index in [-0.39, 0.29) is 17.5 Å². The fourth-order valence-corrected chi connectivity index (χ4v) is 2.61. The first kappa shape index (κ1) is 13.2. The van der Waals surface area contributed by atoms with Gasteiger partial charge in [-0.05, 0) is 24.6 Å². The van der Waals surface area contributed by atoms with Gasteiger partial charge >= 0.3 is 0 Å². The van der Waals surface area contributed by atoms with Crippen LogP contribution in [0.3, 0.4) is 0 Å². The van der Waals surface area contributed by atoms with Crippen molar-refractivity contribution in [1.29, 1.82) is 0 Å². The Morgan fingerprint density at radius 2 is 2.00 bits per heavy atom. The van der Waals surface area contributed by atoms with E-state index < -0.39 is 0 Å². The van der Waals surface area contributed by atoms with E-state index >= 15 is 0 Å². The van der Waals surface area contributed by atoms with Crippen LogP contribution in [0.4, 0.5) is 0 Å². The Balaban J connectivity index is 2.24. The third-order valence-electron chi connectivity index (χ3n) is 3.52. The van der Waals surface area contributed by atoms with Crippen molar-refractivity contribution < 1.29 is 10.2 Å². The van der Waals surface area contributed by atoms with Crippen molar-refractivity contribution in [2.45, 2.75) is 25.8 Å². The average Bonchev–Trinajstić information content (AvgIpc) is 2.40. The zero-order valence-electron chi connectivity index (χ0n) is 10.9. The van der Waals surface area contributed by atoms with E-state index in [9.17, 15) is 10.2 Å². The predicted octanol–water partition coefficient (Wildman–Crippen LogP) is 1.84. The number of nitrogens with zero attached hydrogens (tertiary/aromatic N) is 1. The third kappa shape index (κ3) is 2.94. The van der Waals surface area contributed by atoms with Crippen LogP contribution in [0.2, 0.25) is 0 Å². The van der Waals surface area contributed by atoms with Gasteiger partial charge in [0.1, 0.15) is 11.5 Å². The molecule has 0 bridgehead atoms. The summed E-state index contributed by atoms with van der Waals surface area (Å²) in [4.78, 5) is 2.38. The molecule has 1 aliphatic rings. The lowest BCUT2D eigenvalue weighted by molar-refractivity contribution is 0.162. The minimum Gasteiger partial charge on any atom is -0.508 e. The second kappa shape index (κ2) is 6.07. The highest BCUT2D eigenvalue weighted by molar-refractivity contribution is 5.40. The maximum Gasteiger partial charge on any atom is 0.120 e. The lowest BCUT2D eigenvalue weighted by atomic mass is 9.98. The van der Waals surface area contributed by atoms with Gasteiger partial charge in [0.2, 0.25) is 0 Å². The van der Waals surface area contributed by atoms with Gasteiger partial charge in [-0.15, -0.1) is 0 Å². The van der Waals surface area contributed by atoms with Gasteiger partial charge in [0.25, 0.3) is 0 Å². The molecule has 0 unspecified atom stereocenters. The van der Waals surface area contributed by atoms with Crippen molar-refractivity contribution in [1.82, 2.24) is 10.2 Å². The number of nitrogens with one attached hydrogen (secondary N) is 1. The van der Waals surface area contributed by atoms with Gasteiger partial charge in [-0.2, -0.15) is 0 Å². The highest BCUT2D eigenvalue weighted by Crippen LogP contribution is 2.34. The standard InChI is InChI=1S/C14H22N2O2/c1-2-3-13(16-8-6-15-7-9-16)12-10-11(17)4-5-14(12)18/h4-5,10,13,15,17-18H,2-3,6-9H2,1H3/t13-/m1/s1. The quantitative estimate of drug-likeness (QED) is 0.714. The number of benzene rings is 1. The summed E-state index contributed by atoms with van der Waals surface area (Å²) < 4.78 is 0. The molecule has 0 spiro atoms. The topological polar surface area (TPSA) is 55.7 Å². The van der Waals surface area contributed by atoms with Crippen LogP contribution >= 0.6 is 0 Å². The second-order valence-electron chi connectivity index (χ2n) is 4.83. The fraction of sp³-hybridized carbons (Fsp3) is 0.571. The van der Waals surface area contributed by atoms with Crippen molar-refractivity contribution in [3.8, 4) is 11.5 Å². The number of phenolic OH excluding ortho intramolecular Hbond substituents is 2. The Morgan fingerprint density at radius 1 is 1.28 bits per heavy atom. The number of phenols is 2. The molecule has 1 heterocycles. The lowest BCUT2D eigenvalue weighted by Crippen LogP contribution is -2.45. The summed E-state index contributed by atoms with van der Waals surface area (Å²) in [5, 5.41) is 23.0. The van der Waals surface area contributed by atoms with Crippen LogP contribution in [0.5, 0.6) is 11.5 Å². The molecule has 18 heavy (non-hydrogen) atoms. The van der Waals surface area contributed by atoms with Crippen LogP contribution in [-0.4, -0.2) is 41.3 Å². The molecule has 100 valence electrons. The normalized spacial score (nSPS) is 18.7. The van der Waals surface area contributed by atoms with Crippen molar-refractivity contribution in [2.75, 3.05) is 26.2 Å². The van der Waals surface area contributed by atoms with Crippen molar-refractivity contribution in [3.63, 3.8) is 0 Å². The van der Waals surface area contributed by atoms with Crippen molar-refractivity contribution in [2.24, 2.45) is 0 Å². The second-order valence-corrected chi connectivity index (χ2v) is 4.83. The highest BCUT2D eigenvalue weighted by Gasteiger charge is 2.23. The molecule has 3 N–H and O–H groups in total. The molecule has 4 nitrogen and oxygen atoms in total. The molecule has 1 atom stereocenters. The molecule has 1 fully saturated rings. The molecule has 0 saturated carbocycles. The van der Waals surface area contributed by atoms with E-state index in [4.69, 9.17) is 0 Å². The molecule has 2 rings (SSSR count). The SMILES string of the molecule is CCC[C@H](c1cc(O)ccc1O)N1CCNCC1. The summed E-state index contributed by atoms with van der Waals surface area (Å²) in [5.41, 5.74) is 0.846. The Bertz CT molecular complexity index is 389. The summed E-state index contributed by atoms with van der Waals surface area (Å²) in [7, 11) is 0. The monoisotopic (exact) mass is 250 g/mol. The van der Waals surface area contributed by atoms with E-state index in [0.717, 1.165) is 44.6 Å². The van der Waals surface area contributed by atoms with E-state index in [0.29, 0.717) is 0 Å². The summed E-state index contributed by atoms with van der Waals surface area (Å²) in [5.74, 6) is 0.504. The summed E-state index contributed by atoms with van der Waals surface area (Å²) in [6, 6.07) is 5.00. The van der Waals surface area contributed by atoms with Gasteiger partial charge in [0.15, 0.2) is 0 Å². The molecule has 0 amide bonds. The van der Waals surface area contributed by atoms with E-state index in [1.54, 1.807) is 12.1 Å². The zero-order chi connectivity index (χ0) is 13.0. The number of aromatic hydroxyl groups is 2. The molecular weight excluding hydrogens is 228 g/mol. The fourth-order valence-electron chi connectivity index (χ4n) is 2.61. The van der Waals surface area contributed by atoms with Crippen LogP contribution in [0, 0.1) is 0 Å². The van der Waals surface area contributed by atoms with Gasteiger partial charge in [-0.3, -0.25) is 4.90 Å². The molecule has 1 saturated heterocycles. The van der Waals surface area contributed by atoms with Gasteiger partial charge in [-0.25, -0.2) is 0 Å². The smallest absolute Gasteiger partial charge is 0.120 e. The number of piperazine rings is 1. The number of hydrogen-bond donors (Lipinski definition) is 3. The first-order valence-electron chi connectivity index (χ1n) is 6.69. The van der Waals surface area contributed by atoms with Crippen molar-refractivity contribution >= 4 is 0 Å². The maximum absolute atomic E-state index is 10.0. The van der Waals surface area contributed by atoms with Crippen LogP contribution < -0.4 is 5.32 Å². The minimum atomic E-state index is 0.198. The van der Waals surface area contributed by atoms with E-state index in [1.165, 1.54) is 6.07 Å². The Hall–Kier alpha value is -1.26. The van der Waals surface area contributed by atoms with Crippen LogP contribution in [0.25, 0.3) is 0 Å². The van der Waals surface area contributed by atoms with Crippen LogP contribution in [0.1, 0.15) is 31.4 Å². The summed E-state index contributed by atoms with van der Waals surface area (Å²) in [6.45, 7) is 6.09. The Kier molecular flexibility index (Phi) is 4.44. The highest BCUT2D eigenvalue weighted by atomic mass is 16.3. The Morgan fingerprint density at radius 3 is 2.67 bits per heavy atom. The van der Waals surface area contributed by atoms with E-state index in [1.807, 2.05) is 0 Å². The lowest BCUT2D eigenvalue weighted by Gasteiger charge is -2.35. The van der Waals surface area contributed by atoms with Gasteiger partial charge in [-0.1, -0.05) is 13.3 Å². The minimum absolute atomic E-state index is 0.198. The molecular formula is C14H22N2O2. The first-order chi connectivity index (χ1) is 8.72. The molecule has 4 heteroatoms. The summed E-state index contributed by atoms with van der Waals surface area (Å²) in [6.07, 6.45) is 2.06. The molecule has 1 aromatic rings. The summed E-state index contributed by atoms with van der Waals surface area (Å²) >= 11 is 0. The molecule has 0 aromatic heterocycles. The molecule has 1 aromatic carbocycles. The van der Waals surface area contributed by atoms with Crippen LogP contribution in [0.15, 0.2) is 18.2 Å². The molecule has 1 aliphatic heterocycles. The average molecular weight is 250 g/mol. The van der Waals surface area contributed by atoms with Gasteiger partial charge in [0.05, 0.1) is 0 Å². The zero-order valence-corrected chi connectivity index (χ0v) is 10.9. The number of hydrogen-bond acceptors (Lipinski definition) is 4. The third-order valence-corrected chi connectivity index (χ3v) is 3.52. The van der Waals surface area contributed by atoms with E-state index in [2.05, 4.69) is 17.1 Å². The Labute approximate surface area is 108 Å². The number of rotatable bonds is 4. The van der Waals surface area contributed by atoms with Gasteiger partial charge in [0, 0.05) is 37.8 Å². The van der Waals surface area contributed by atoms with Crippen molar-refractivity contribution in [3.05, 3.63) is 23.8 Å².